The van der Waals surface area contributed by atoms with Gasteiger partial charge in [0.2, 0.25) is 0 Å². The third-order valence-corrected chi connectivity index (χ3v) is 3.17. The van der Waals surface area contributed by atoms with Gasteiger partial charge in [0.1, 0.15) is 17.4 Å². The molecular weight excluding hydrogens is 260 g/mol. The molecule has 2 N–H and O–H groups in total. The van der Waals surface area contributed by atoms with E-state index in [4.69, 9.17) is 5.26 Å². The number of carbonyl (C=O) groups excluding carboxylic acids is 1. The Morgan fingerprint density at radius 2 is 2.11 bits per heavy atom. The normalized spacial score (nSPS) is 10.8. The molecule has 0 aliphatic carbocycles. The van der Waals surface area contributed by atoms with Crippen molar-refractivity contribution >= 4 is 29.0 Å². The Morgan fingerprint density at radius 3 is 2.74 bits per heavy atom. The first-order valence-corrected chi connectivity index (χ1v) is 6.33. The van der Waals surface area contributed by atoms with E-state index in [1.54, 1.807) is 18.2 Å². The minimum absolute atomic E-state index is 0.00861. The highest BCUT2D eigenvalue weighted by atomic mass is 32.1. The van der Waals surface area contributed by atoms with Gasteiger partial charge in [-0.25, -0.2) is 0 Å². The van der Waals surface area contributed by atoms with Crippen molar-refractivity contribution in [3.05, 3.63) is 52.2 Å². The maximum atomic E-state index is 11.9. The number of benzene rings is 1. The molecule has 1 aromatic heterocycles. The van der Waals surface area contributed by atoms with Gasteiger partial charge in [-0.15, -0.1) is 11.3 Å². The minimum Gasteiger partial charge on any atom is -0.506 e. The second-order valence-corrected chi connectivity index (χ2v) is 4.64. The van der Waals surface area contributed by atoms with Gasteiger partial charge < -0.3 is 10.4 Å². The van der Waals surface area contributed by atoms with Crippen molar-refractivity contribution in [1.82, 2.24) is 0 Å². The van der Waals surface area contributed by atoms with Gasteiger partial charge in [-0.2, -0.15) is 5.26 Å². The van der Waals surface area contributed by atoms with Crippen LogP contribution < -0.4 is 5.32 Å². The maximum Gasteiger partial charge on any atom is 0.266 e. The molecule has 0 fully saturated rings. The number of hydrogen-bond acceptors (Lipinski definition) is 4. The fourth-order valence-electron chi connectivity index (χ4n) is 1.43. The third kappa shape index (κ3) is 3.21. The van der Waals surface area contributed by atoms with Crippen LogP contribution in [0.15, 0.2) is 47.4 Å². The van der Waals surface area contributed by atoms with Crippen molar-refractivity contribution in [1.29, 1.82) is 5.26 Å². The standard InChI is InChI=1S/C14H10N2O2S/c15-9-10(8-11-4-3-7-19-11)14(18)16-12-5-1-2-6-13(12)17/h1-8,17H,(H,16,18)/b10-8+. The molecule has 0 spiro atoms. The molecule has 0 saturated heterocycles. The van der Waals surface area contributed by atoms with Crippen LogP contribution in [0.25, 0.3) is 6.08 Å². The van der Waals surface area contributed by atoms with E-state index >= 15 is 0 Å². The molecule has 1 amide bonds. The van der Waals surface area contributed by atoms with Crippen LogP contribution in [-0.4, -0.2) is 11.0 Å². The molecule has 4 nitrogen and oxygen atoms in total. The highest BCUT2D eigenvalue weighted by Gasteiger charge is 2.11. The highest BCUT2D eigenvalue weighted by molar-refractivity contribution is 7.10. The van der Waals surface area contributed by atoms with Crippen molar-refractivity contribution in [2.45, 2.75) is 0 Å². The Labute approximate surface area is 114 Å². The second kappa shape index (κ2) is 5.85. The average molecular weight is 270 g/mol. The largest absolute Gasteiger partial charge is 0.506 e. The number of aromatic hydroxyl groups is 1. The topological polar surface area (TPSA) is 73.1 Å². The first kappa shape index (κ1) is 12.9. The molecule has 2 rings (SSSR count). The summed E-state index contributed by atoms with van der Waals surface area (Å²) in [6, 6.07) is 11.9. The van der Waals surface area contributed by atoms with Gasteiger partial charge in [-0.3, -0.25) is 4.79 Å². The van der Waals surface area contributed by atoms with E-state index in [9.17, 15) is 9.90 Å². The molecule has 0 aliphatic rings. The summed E-state index contributed by atoms with van der Waals surface area (Å²) in [5.74, 6) is -0.582. The number of nitriles is 1. The number of para-hydroxylation sites is 2. The average Bonchev–Trinajstić information content (AvgIpc) is 2.91. The zero-order valence-corrected chi connectivity index (χ0v) is 10.6. The van der Waals surface area contributed by atoms with Crippen molar-refractivity contribution in [2.24, 2.45) is 0 Å². The molecule has 0 bridgehead atoms. The van der Waals surface area contributed by atoms with E-state index in [1.165, 1.54) is 23.5 Å². The van der Waals surface area contributed by atoms with Crippen LogP contribution in [-0.2, 0) is 4.79 Å². The molecule has 2 aromatic rings. The van der Waals surface area contributed by atoms with Gasteiger partial charge in [0, 0.05) is 4.88 Å². The van der Waals surface area contributed by atoms with Crippen molar-refractivity contribution in [3.8, 4) is 11.8 Å². The lowest BCUT2D eigenvalue weighted by Crippen LogP contribution is -2.13. The quantitative estimate of drug-likeness (QED) is 0.511. The number of hydrogen-bond donors (Lipinski definition) is 2. The van der Waals surface area contributed by atoms with E-state index in [1.807, 2.05) is 23.6 Å². The number of thiophene rings is 1. The van der Waals surface area contributed by atoms with Gasteiger partial charge >= 0.3 is 0 Å². The Hall–Kier alpha value is -2.58. The Balaban J connectivity index is 2.19. The fraction of sp³-hybridized carbons (Fsp3) is 0. The number of nitrogens with zero attached hydrogens (tertiary/aromatic N) is 1. The molecule has 0 unspecified atom stereocenters. The number of phenolic OH excluding ortho intramolecular Hbond substituents is 1. The van der Waals surface area contributed by atoms with Gasteiger partial charge in [-0.1, -0.05) is 18.2 Å². The summed E-state index contributed by atoms with van der Waals surface area (Å²) in [5.41, 5.74) is 0.269. The molecule has 0 aliphatic heterocycles. The number of rotatable bonds is 3. The van der Waals surface area contributed by atoms with E-state index in [0.29, 0.717) is 0 Å². The summed E-state index contributed by atoms with van der Waals surface area (Å²) in [6.07, 6.45) is 1.51. The summed E-state index contributed by atoms with van der Waals surface area (Å²) in [5, 5.41) is 22.9. The van der Waals surface area contributed by atoms with Gasteiger partial charge in [-0.05, 0) is 29.7 Å². The summed E-state index contributed by atoms with van der Waals surface area (Å²) in [6.45, 7) is 0. The van der Waals surface area contributed by atoms with Crippen LogP contribution in [0.5, 0.6) is 5.75 Å². The van der Waals surface area contributed by atoms with Crippen molar-refractivity contribution in [2.75, 3.05) is 5.32 Å². The van der Waals surface area contributed by atoms with Crippen LogP contribution >= 0.6 is 11.3 Å². The van der Waals surface area contributed by atoms with Crippen LogP contribution in [0.3, 0.4) is 0 Å². The first-order valence-electron chi connectivity index (χ1n) is 5.45. The van der Waals surface area contributed by atoms with Gasteiger partial charge in [0.15, 0.2) is 0 Å². The summed E-state index contributed by atoms with van der Waals surface area (Å²) < 4.78 is 0. The molecule has 5 heteroatoms. The monoisotopic (exact) mass is 270 g/mol. The molecule has 0 radical (unpaired) electrons. The van der Waals surface area contributed by atoms with E-state index in [-0.39, 0.29) is 17.0 Å². The molecule has 94 valence electrons. The second-order valence-electron chi connectivity index (χ2n) is 3.66. The third-order valence-electron chi connectivity index (χ3n) is 2.35. The number of anilines is 1. The summed E-state index contributed by atoms with van der Waals surface area (Å²) in [7, 11) is 0. The van der Waals surface area contributed by atoms with Gasteiger partial charge in [0.05, 0.1) is 5.69 Å². The summed E-state index contributed by atoms with van der Waals surface area (Å²) in [4.78, 5) is 12.7. The zero-order chi connectivity index (χ0) is 13.7. The molecule has 0 saturated carbocycles. The van der Waals surface area contributed by atoms with Crippen LogP contribution in [0.1, 0.15) is 4.88 Å². The Bertz CT molecular complexity index is 654. The maximum absolute atomic E-state index is 11.9. The Morgan fingerprint density at radius 1 is 1.32 bits per heavy atom. The van der Waals surface area contributed by atoms with Gasteiger partial charge in [0.25, 0.3) is 5.91 Å². The molecule has 0 atom stereocenters. The minimum atomic E-state index is -0.544. The zero-order valence-electron chi connectivity index (χ0n) is 9.83. The van der Waals surface area contributed by atoms with Crippen molar-refractivity contribution < 1.29 is 9.90 Å². The van der Waals surface area contributed by atoms with Crippen LogP contribution in [0.4, 0.5) is 5.69 Å². The van der Waals surface area contributed by atoms with E-state index in [2.05, 4.69) is 5.32 Å². The molecule has 1 aromatic carbocycles. The Kier molecular flexibility index (Phi) is 3.96. The first-order chi connectivity index (χ1) is 9.20. The lowest BCUT2D eigenvalue weighted by Gasteiger charge is -2.05. The van der Waals surface area contributed by atoms with E-state index in [0.717, 1.165) is 4.88 Å². The van der Waals surface area contributed by atoms with Crippen LogP contribution in [0.2, 0.25) is 0 Å². The molecular formula is C14H10N2O2S. The SMILES string of the molecule is N#C/C(=C\c1cccs1)C(=O)Nc1ccccc1O. The van der Waals surface area contributed by atoms with E-state index < -0.39 is 5.91 Å². The molecule has 1 heterocycles. The van der Waals surface area contributed by atoms with Crippen LogP contribution in [0, 0.1) is 11.3 Å². The lowest BCUT2D eigenvalue weighted by atomic mass is 10.2. The number of phenols is 1. The fourth-order valence-corrected chi connectivity index (χ4v) is 2.09. The number of carbonyl (C=O) groups is 1. The predicted octanol–water partition coefficient (Wildman–Crippen LogP) is 3.00. The molecule has 19 heavy (non-hydrogen) atoms. The summed E-state index contributed by atoms with van der Waals surface area (Å²) >= 11 is 1.44. The van der Waals surface area contributed by atoms with Crippen molar-refractivity contribution in [3.63, 3.8) is 0 Å². The number of nitrogens with one attached hydrogen (secondary N) is 1. The smallest absolute Gasteiger partial charge is 0.266 e. The predicted molar refractivity (Wildman–Crippen MR) is 74.6 cm³/mol. The number of amides is 1. The highest BCUT2D eigenvalue weighted by Crippen LogP contribution is 2.22. The lowest BCUT2D eigenvalue weighted by molar-refractivity contribution is -0.112.